The van der Waals surface area contributed by atoms with Crippen LogP contribution in [-0.2, 0) is 0 Å². The molecule has 1 N–H and O–H groups in total. The molecule has 0 unspecified atom stereocenters. The minimum Gasteiger partial charge on any atom is -0.357 e. The number of anilines is 2. The zero-order valence-electron chi connectivity index (χ0n) is 17.8. The number of pyridine rings is 2. The van der Waals surface area contributed by atoms with Crippen LogP contribution < -0.4 is 10.2 Å². The molecule has 0 bridgehead atoms. The monoisotopic (exact) mass is 425 g/mol. The fourth-order valence-electron chi connectivity index (χ4n) is 3.84. The van der Waals surface area contributed by atoms with Crippen molar-refractivity contribution in [2.24, 2.45) is 0 Å². The molecule has 0 spiro atoms. The number of nitrogens with one attached hydrogen (secondary N) is 1. The zero-order valence-corrected chi connectivity index (χ0v) is 17.8. The van der Waals surface area contributed by atoms with Crippen LogP contribution in [0.5, 0.6) is 0 Å². The van der Waals surface area contributed by atoms with Crippen molar-refractivity contribution in [1.82, 2.24) is 25.0 Å². The largest absolute Gasteiger partial charge is 0.357 e. The van der Waals surface area contributed by atoms with E-state index in [9.17, 15) is 4.79 Å². The average molecular weight is 425 g/mol. The maximum Gasteiger partial charge on any atom is 0.255 e. The smallest absolute Gasteiger partial charge is 0.255 e. The lowest BCUT2D eigenvalue weighted by molar-refractivity contribution is 0.102. The molecule has 8 nitrogen and oxygen atoms in total. The van der Waals surface area contributed by atoms with Gasteiger partial charge in [0, 0.05) is 48.5 Å². The Balaban J connectivity index is 1.37. The maximum absolute atomic E-state index is 12.9. The highest BCUT2D eigenvalue weighted by molar-refractivity contribution is 6.04. The summed E-state index contributed by atoms with van der Waals surface area (Å²) < 4.78 is 1.71. The van der Waals surface area contributed by atoms with Gasteiger partial charge in [0.1, 0.15) is 11.5 Å². The van der Waals surface area contributed by atoms with Crippen LogP contribution in [-0.4, -0.2) is 44.0 Å². The molecule has 0 saturated carbocycles. The maximum atomic E-state index is 12.9. The number of rotatable bonds is 5. The summed E-state index contributed by atoms with van der Waals surface area (Å²) in [6.45, 7) is 3.97. The topological polar surface area (TPSA) is 88.8 Å². The van der Waals surface area contributed by atoms with Gasteiger partial charge in [0.05, 0.1) is 11.9 Å². The normalized spacial score (nSPS) is 13.3. The van der Waals surface area contributed by atoms with E-state index >= 15 is 0 Å². The zero-order chi connectivity index (χ0) is 21.9. The van der Waals surface area contributed by atoms with Gasteiger partial charge in [-0.3, -0.25) is 9.78 Å². The van der Waals surface area contributed by atoms with Crippen LogP contribution in [0.1, 0.15) is 28.8 Å². The predicted molar refractivity (Wildman–Crippen MR) is 123 cm³/mol. The van der Waals surface area contributed by atoms with E-state index in [1.54, 1.807) is 29.3 Å². The number of hydrogen-bond acceptors (Lipinski definition) is 6. The Labute approximate surface area is 185 Å². The fourth-order valence-corrected chi connectivity index (χ4v) is 3.84. The molecule has 1 aliphatic rings. The molecule has 4 heterocycles. The van der Waals surface area contributed by atoms with Gasteiger partial charge in [0.15, 0.2) is 0 Å². The highest BCUT2D eigenvalue weighted by atomic mass is 16.1. The first-order valence-electron chi connectivity index (χ1n) is 10.6. The molecule has 0 atom stereocenters. The number of nitrogens with zero attached hydrogens (tertiary/aromatic N) is 6. The number of aromatic nitrogens is 5. The van der Waals surface area contributed by atoms with Gasteiger partial charge in [-0.25, -0.2) is 9.67 Å². The molecule has 1 saturated heterocycles. The molecule has 160 valence electrons. The lowest BCUT2D eigenvalue weighted by Crippen LogP contribution is -2.20. The van der Waals surface area contributed by atoms with E-state index in [1.165, 1.54) is 0 Å². The second-order valence-electron chi connectivity index (χ2n) is 7.84. The van der Waals surface area contributed by atoms with Crippen LogP contribution in [0.15, 0.2) is 67.3 Å². The van der Waals surface area contributed by atoms with E-state index in [2.05, 4.69) is 30.5 Å². The fraction of sp³-hybridized carbons (Fsp3) is 0.208. The molecular weight excluding hydrogens is 402 g/mol. The van der Waals surface area contributed by atoms with Gasteiger partial charge >= 0.3 is 0 Å². The summed E-state index contributed by atoms with van der Waals surface area (Å²) in [5, 5.41) is 11.5. The quantitative estimate of drug-likeness (QED) is 0.522. The van der Waals surface area contributed by atoms with E-state index in [4.69, 9.17) is 0 Å². The van der Waals surface area contributed by atoms with Gasteiger partial charge < -0.3 is 10.2 Å². The molecule has 0 aliphatic carbocycles. The number of benzene rings is 1. The molecule has 0 radical (unpaired) electrons. The standard InChI is InChI=1S/C24H23N7O/c1-17-6-7-20(14-22(17)31-16-21(28-29-31)19-5-4-9-25-15-19)27-24(32)18-8-10-26-23(13-18)30-11-2-3-12-30/h4-10,13-16H,2-3,11-12H2,1H3,(H,27,32). The van der Waals surface area contributed by atoms with Gasteiger partial charge in [0.2, 0.25) is 0 Å². The Morgan fingerprint density at radius 2 is 1.94 bits per heavy atom. The van der Waals surface area contributed by atoms with E-state index < -0.39 is 0 Å². The Kier molecular flexibility index (Phi) is 5.33. The summed E-state index contributed by atoms with van der Waals surface area (Å²) >= 11 is 0. The Hall–Kier alpha value is -4.07. The molecule has 1 aromatic carbocycles. The SMILES string of the molecule is Cc1ccc(NC(=O)c2ccnc(N3CCCC3)c2)cc1-n1cc(-c2cccnc2)nn1. The van der Waals surface area contributed by atoms with Crippen molar-refractivity contribution in [3.8, 4) is 16.9 Å². The van der Waals surface area contributed by atoms with Crippen LogP contribution >= 0.6 is 0 Å². The van der Waals surface area contributed by atoms with Crippen LogP contribution in [0.4, 0.5) is 11.5 Å². The number of carbonyl (C=O) groups excluding carboxylic acids is 1. The van der Waals surface area contributed by atoms with Gasteiger partial charge in [-0.2, -0.15) is 0 Å². The van der Waals surface area contributed by atoms with E-state index in [-0.39, 0.29) is 5.91 Å². The third-order valence-electron chi connectivity index (χ3n) is 5.60. The molecular formula is C24H23N7O. The summed E-state index contributed by atoms with van der Waals surface area (Å²) in [6, 6.07) is 13.1. The molecule has 1 amide bonds. The summed E-state index contributed by atoms with van der Waals surface area (Å²) in [4.78, 5) is 23.7. The van der Waals surface area contributed by atoms with Gasteiger partial charge in [-0.1, -0.05) is 11.3 Å². The van der Waals surface area contributed by atoms with Crippen molar-refractivity contribution < 1.29 is 4.79 Å². The van der Waals surface area contributed by atoms with Crippen molar-refractivity contribution in [3.05, 3.63) is 78.4 Å². The van der Waals surface area contributed by atoms with E-state index in [0.29, 0.717) is 11.3 Å². The van der Waals surface area contributed by atoms with Crippen molar-refractivity contribution in [1.29, 1.82) is 0 Å². The first-order chi connectivity index (χ1) is 15.7. The number of hydrogen-bond donors (Lipinski definition) is 1. The van der Waals surface area contributed by atoms with Gasteiger partial charge in [-0.05, 0) is 61.7 Å². The average Bonchev–Trinajstić information content (AvgIpc) is 3.54. The number of aryl methyl sites for hydroxylation is 1. The Morgan fingerprint density at radius 3 is 2.75 bits per heavy atom. The summed E-state index contributed by atoms with van der Waals surface area (Å²) in [6.07, 6.45) is 9.35. The lowest BCUT2D eigenvalue weighted by Gasteiger charge is -2.16. The van der Waals surface area contributed by atoms with Crippen molar-refractivity contribution >= 4 is 17.4 Å². The minimum absolute atomic E-state index is 0.169. The summed E-state index contributed by atoms with van der Waals surface area (Å²) in [5.74, 6) is 0.683. The van der Waals surface area contributed by atoms with E-state index in [0.717, 1.165) is 54.3 Å². The van der Waals surface area contributed by atoms with Crippen molar-refractivity contribution in [3.63, 3.8) is 0 Å². The molecule has 3 aromatic heterocycles. The number of carbonyl (C=O) groups is 1. The summed E-state index contributed by atoms with van der Waals surface area (Å²) in [5.41, 5.74) is 4.77. The van der Waals surface area contributed by atoms with Crippen LogP contribution in [0.3, 0.4) is 0 Å². The summed E-state index contributed by atoms with van der Waals surface area (Å²) in [7, 11) is 0. The van der Waals surface area contributed by atoms with Crippen LogP contribution in [0.2, 0.25) is 0 Å². The van der Waals surface area contributed by atoms with Crippen molar-refractivity contribution in [2.75, 3.05) is 23.3 Å². The van der Waals surface area contributed by atoms with Gasteiger partial charge in [0.25, 0.3) is 5.91 Å². The van der Waals surface area contributed by atoms with Crippen molar-refractivity contribution in [2.45, 2.75) is 19.8 Å². The third-order valence-corrected chi connectivity index (χ3v) is 5.60. The lowest BCUT2D eigenvalue weighted by atomic mass is 10.1. The van der Waals surface area contributed by atoms with Crippen LogP contribution in [0, 0.1) is 6.92 Å². The molecule has 32 heavy (non-hydrogen) atoms. The second-order valence-corrected chi connectivity index (χ2v) is 7.84. The predicted octanol–water partition coefficient (Wildman–Crippen LogP) is 3.89. The first-order valence-corrected chi connectivity index (χ1v) is 10.6. The molecule has 1 fully saturated rings. The molecule has 1 aliphatic heterocycles. The number of amides is 1. The third kappa shape index (κ3) is 4.07. The minimum atomic E-state index is -0.169. The molecule has 8 heteroatoms. The molecule has 5 rings (SSSR count). The van der Waals surface area contributed by atoms with Crippen LogP contribution in [0.25, 0.3) is 16.9 Å². The van der Waals surface area contributed by atoms with E-state index in [1.807, 2.05) is 49.5 Å². The Bertz CT molecular complexity index is 1250. The first kappa shape index (κ1) is 19.9. The second kappa shape index (κ2) is 8.58. The van der Waals surface area contributed by atoms with Gasteiger partial charge in [-0.15, -0.1) is 5.10 Å². The molecule has 4 aromatic rings. The highest BCUT2D eigenvalue weighted by Gasteiger charge is 2.16. The highest BCUT2D eigenvalue weighted by Crippen LogP contribution is 2.23. The Morgan fingerprint density at radius 1 is 1.06 bits per heavy atom.